The van der Waals surface area contributed by atoms with Gasteiger partial charge >= 0.3 is 0 Å². The van der Waals surface area contributed by atoms with Gasteiger partial charge in [-0.15, -0.1) is 0 Å². The minimum atomic E-state index is -0.513. The van der Waals surface area contributed by atoms with E-state index in [0.29, 0.717) is 0 Å². The number of aliphatic hydroxyl groups is 1. The molecule has 6 rings (SSSR count). The number of nitrogens with zero attached hydrogens (tertiary/aromatic N) is 1. The highest BCUT2D eigenvalue weighted by molar-refractivity contribution is 6.10. The first-order chi connectivity index (χ1) is 15.1. The number of H-pyrrole nitrogens is 1. The van der Waals surface area contributed by atoms with E-state index in [1.807, 2.05) is 42.5 Å². The summed E-state index contributed by atoms with van der Waals surface area (Å²) < 4.78 is 5.39. The van der Waals surface area contributed by atoms with Crippen molar-refractivity contribution in [2.75, 3.05) is 12.4 Å². The van der Waals surface area contributed by atoms with Crippen LogP contribution in [-0.4, -0.2) is 28.3 Å². The molecule has 0 saturated heterocycles. The molecule has 6 nitrogen and oxygen atoms in total. The van der Waals surface area contributed by atoms with Crippen molar-refractivity contribution in [3.8, 4) is 17.0 Å². The molecule has 1 amide bonds. The summed E-state index contributed by atoms with van der Waals surface area (Å²) in [7, 11) is 1.64. The van der Waals surface area contributed by atoms with Crippen LogP contribution in [-0.2, 0) is 16.8 Å². The van der Waals surface area contributed by atoms with E-state index in [1.54, 1.807) is 7.11 Å². The van der Waals surface area contributed by atoms with E-state index in [9.17, 15) is 9.90 Å². The maximum absolute atomic E-state index is 12.9. The summed E-state index contributed by atoms with van der Waals surface area (Å²) in [4.78, 5) is 12.9. The van der Waals surface area contributed by atoms with Crippen molar-refractivity contribution in [3.63, 3.8) is 0 Å². The molecule has 6 heteroatoms. The molecular weight excluding hydrogens is 390 g/mol. The monoisotopic (exact) mass is 411 g/mol. The second-order valence-electron chi connectivity index (χ2n) is 8.33. The second-order valence-corrected chi connectivity index (χ2v) is 8.33. The number of benzene rings is 3. The van der Waals surface area contributed by atoms with E-state index in [1.165, 1.54) is 0 Å². The van der Waals surface area contributed by atoms with Crippen LogP contribution >= 0.6 is 0 Å². The summed E-state index contributed by atoms with van der Waals surface area (Å²) in [6.45, 7) is 0.0245. The van der Waals surface area contributed by atoms with Crippen LogP contribution in [0.1, 0.15) is 29.0 Å². The molecule has 2 aliphatic rings. The van der Waals surface area contributed by atoms with E-state index in [4.69, 9.17) is 4.74 Å². The first-order valence-electron chi connectivity index (χ1n) is 10.3. The largest absolute Gasteiger partial charge is 0.497 e. The van der Waals surface area contributed by atoms with Gasteiger partial charge in [0.1, 0.15) is 5.75 Å². The summed E-state index contributed by atoms with van der Waals surface area (Å²) in [6, 6.07) is 19.8. The second kappa shape index (κ2) is 6.43. The molecule has 0 bridgehead atoms. The summed E-state index contributed by atoms with van der Waals surface area (Å²) in [6.07, 6.45) is 0.786. The fourth-order valence-corrected chi connectivity index (χ4v) is 4.94. The number of carbonyl (C=O) groups excluding carboxylic acids is 1. The number of hydrogen-bond acceptors (Lipinski definition) is 4. The number of anilines is 1. The van der Waals surface area contributed by atoms with Crippen molar-refractivity contribution in [1.82, 2.24) is 10.2 Å². The molecule has 2 atom stereocenters. The van der Waals surface area contributed by atoms with Gasteiger partial charge in [-0.1, -0.05) is 36.4 Å². The van der Waals surface area contributed by atoms with Crippen LogP contribution in [0.2, 0.25) is 0 Å². The molecule has 2 heterocycles. The van der Waals surface area contributed by atoms with Gasteiger partial charge in [0.05, 0.1) is 30.3 Å². The Balaban J connectivity index is 1.36. The smallest absolute Gasteiger partial charge is 0.235 e. The third kappa shape index (κ3) is 2.55. The standard InChI is InChI=1S/C25H21N3O3/c1-31-17-7-9-21-19(11-17)25(24(30)26-21)12-20(25)16-6-8-18-22(10-16)27-28-23(18)15-4-2-14(13-29)3-5-15/h2-11,20,29H,12-13H2,1H3,(H,26,30)(H,27,28)/t20-,25?/m0/s1. The zero-order valence-corrected chi connectivity index (χ0v) is 17.0. The Kier molecular flexibility index (Phi) is 3.76. The number of rotatable bonds is 4. The Morgan fingerprint density at radius 2 is 1.97 bits per heavy atom. The number of methoxy groups -OCH3 is 1. The molecule has 3 aromatic carbocycles. The molecule has 4 aromatic rings. The molecule has 1 spiro atoms. The van der Waals surface area contributed by atoms with Crippen molar-refractivity contribution in [2.45, 2.75) is 24.4 Å². The summed E-state index contributed by atoms with van der Waals surface area (Å²) in [5, 5.41) is 21.0. The van der Waals surface area contributed by atoms with Crippen molar-refractivity contribution in [2.24, 2.45) is 0 Å². The van der Waals surface area contributed by atoms with Gasteiger partial charge in [-0.2, -0.15) is 5.10 Å². The molecular formula is C25H21N3O3. The predicted octanol–water partition coefficient (Wildman–Crippen LogP) is 4.11. The Bertz CT molecular complexity index is 1340. The summed E-state index contributed by atoms with van der Waals surface area (Å²) >= 11 is 0. The van der Waals surface area contributed by atoms with Gasteiger partial charge in [0.15, 0.2) is 0 Å². The number of aromatic amines is 1. The Morgan fingerprint density at radius 1 is 1.13 bits per heavy atom. The topological polar surface area (TPSA) is 87.2 Å². The lowest BCUT2D eigenvalue weighted by Crippen LogP contribution is -2.21. The zero-order chi connectivity index (χ0) is 21.2. The quantitative estimate of drug-likeness (QED) is 0.472. The number of carbonyl (C=O) groups is 1. The highest BCUT2D eigenvalue weighted by Gasteiger charge is 2.65. The van der Waals surface area contributed by atoms with Gasteiger partial charge in [-0.3, -0.25) is 9.89 Å². The first kappa shape index (κ1) is 18.2. The van der Waals surface area contributed by atoms with Crippen molar-refractivity contribution >= 4 is 22.5 Å². The third-order valence-electron chi connectivity index (χ3n) is 6.72. The number of fused-ring (bicyclic) bond motifs is 3. The van der Waals surface area contributed by atoms with Crippen LogP contribution in [0, 0.1) is 0 Å². The SMILES string of the molecule is COc1ccc2c(c1)C1(C[C@H]1c1ccc3c(-c4ccc(CO)cc4)n[nH]c3c1)C(=O)N2. The van der Waals surface area contributed by atoms with Crippen LogP contribution < -0.4 is 10.1 Å². The minimum Gasteiger partial charge on any atom is -0.497 e. The van der Waals surface area contributed by atoms with E-state index in [0.717, 1.165) is 56.7 Å². The van der Waals surface area contributed by atoms with Gasteiger partial charge in [0.25, 0.3) is 0 Å². The van der Waals surface area contributed by atoms with Crippen LogP contribution in [0.3, 0.4) is 0 Å². The molecule has 1 aliphatic carbocycles. The summed E-state index contributed by atoms with van der Waals surface area (Å²) in [5.41, 5.74) is 6.22. The lowest BCUT2D eigenvalue weighted by molar-refractivity contribution is -0.118. The number of nitrogens with one attached hydrogen (secondary N) is 2. The van der Waals surface area contributed by atoms with E-state index in [-0.39, 0.29) is 18.4 Å². The molecule has 1 unspecified atom stereocenters. The minimum absolute atomic E-state index is 0.0245. The van der Waals surface area contributed by atoms with E-state index >= 15 is 0 Å². The van der Waals surface area contributed by atoms with Gasteiger partial charge in [0.2, 0.25) is 5.91 Å². The lowest BCUT2D eigenvalue weighted by Gasteiger charge is -2.10. The van der Waals surface area contributed by atoms with Crippen LogP contribution in [0.15, 0.2) is 60.7 Å². The first-order valence-corrected chi connectivity index (χ1v) is 10.3. The predicted molar refractivity (Wildman–Crippen MR) is 118 cm³/mol. The number of aliphatic hydroxyl groups excluding tert-OH is 1. The van der Waals surface area contributed by atoms with E-state index < -0.39 is 5.41 Å². The normalized spacial score (nSPS) is 21.4. The fourth-order valence-electron chi connectivity index (χ4n) is 4.94. The molecule has 1 aromatic heterocycles. The Morgan fingerprint density at radius 3 is 2.74 bits per heavy atom. The molecule has 3 N–H and O–H groups in total. The van der Waals surface area contributed by atoms with Gasteiger partial charge in [0, 0.05) is 22.6 Å². The highest BCUT2D eigenvalue weighted by Crippen LogP contribution is 2.65. The molecule has 1 fully saturated rings. The van der Waals surface area contributed by atoms with E-state index in [2.05, 4.69) is 33.7 Å². The van der Waals surface area contributed by atoms with Crippen LogP contribution in [0.5, 0.6) is 5.75 Å². The number of hydrogen-bond donors (Lipinski definition) is 3. The van der Waals surface area contributed by atoms with Gasteiger partial charge < -0.3 is 15.2 Å². The molecule has 1 saturated carbocycles. The molecule has 0 radical (unpaired) electrons. The molecule has 154 valence electrons. The summed E-state index contributed by atoms with van der Waals surface area (Å²) in [5.74, 6) is 0.956. The fraction of sp³-hybridized carbons (Fsp3) is 0.200. The average Bonchev–Trinajstić information content (AvgIpc) is 3.34. The van der Waals surface area contributed by atoms with Gasteiger partial charge in [-0.25, -0.2) is 0 Å². The van der Waals surface area contributed by atoms with Crippen molar-refractivity contribution in [3.05, 3.63) is 77.4 Å². The van der Waals surface area contributed by atoms with Crippen molar-refractivity contribution in [1.29, 1.82) is 0 Å². The number of ether oxygens (including phenoxy) is 1. The molecule has 1 aliphatic heterocycles. The lowest BCUT2D eigenvalue weighted by atomic mass is 9.91. The third-order valence-corrected chi connectivity index (χ3v) is 6.72. The number of amides is 1. The van der Waals surface area contributed by atoms with Crippen LogP contribution in [0.25, 0.3) is 22.2 Å². The number of aromatic nitrogens is 2. The van der Waals surface area contributed by atoms with Crippen molar-refractivity contribution < 1.29 is 14.6 Å². The average molecular weight is 411 g/mol. The highest BCUT2D eigenvalue weighted by atomic mass is 16.5. The van der Waals surface area contributed by atoms with Gasteiger partial charge in [-0.05, 0) is 47.4 Å². The Labute approximate surface area is 178 Å². The maximum Gasteiger partial charge on any atom is 0.235 e. The maximum atomic E-state index is 12.9. The molecule has 31 heavy (non-hydrogen) atoms. The zero-order valence-electron chi connectivity index (χ0n) is 17.0. The van der Waals surface area contributed by atoms with Crippen LogP contribution in [0.4, 0.5) is 5.69 Å². The Hall–Kier alpha value is -3.64.